The van der Waals surface area contributed by atoms with Crippen molar-refractivity contribution >= 4 is 0 Å². The van der Waals surface area contributed by atoms with Crippen LogP contribution in [0, 0.1) is 11.3 Å². The molecule has 0 bridgehead atoms. The second-order valence-corrected chi connectivity index (χ2v) is 6.11. The molecule has 0 radical (unpaired) electrons. The highest BCUT2D eigenvalue weighted by Crippen LogP contribution is 2.38. The van der Waals surface area contributed by atoms with Crippen molar-refractivity contribution in [2.75, 3.05) is 6.61 Å². The van der Waals surface area contributed by atoms with E-state index in [-0.39, 0.29) is 12.6 Å². The van der Waals surface area contributed by atoms with E-state index in [2.05, 4.69) is 33.0 Å². The Morgan fingerprint density at radius 1 is 1.27 bits per heavy atom. The molecule has 1 aliphatic rings. The molecule has 3 atom stereocenters. The van der Waals surface area contributed by atoms with Crippen molar-refractivity contribution in [3.63, 3.8) is 0 Å². The summed E-state index contributed by atoms with van der Waals surface area (Å²) >= 11 is 0. The van der Waals surface area contributed by atoms with Crippen molar-refractivity contribution in [3.8, 4) is 0 Å². The Bertz CT molecular complexity index is 185. The van der Waals surface area contributed by atoms with E-state index < -0.39 is 0 Å². The molecule has 0 spiro atoms. The van der Waals surface area contributed by atoms with E-state index in [1.165, 1.54) is 25.7 Å². The summed E-state index contributed by atoms with van der Waals surface area (Å²) < 4.78 is 0. The van der Waals surface area contributed by atoms with E-state index in [0.717, 1.165) is 5.92 Å². The fraction of sp³-hybridized carbons (Fsp3) is 1.00. The van der Waals surface area contributed by atoms with E-state index in [4.69, 9.17) is 5.11 Å². The van der Waals surface area contributed by atoms with Crippen molar-refractivity contribution in [2.24, 2.45) is 11.3 Å². The summed E-state index contributed by atoms with van der Waals surface area (Å²) in [6, 6.07) is 0.832. The fourth-order valence-corrected chi connectivity index (χ4v) is 2.79. The van der Waals surface area contributed by atoms with Crippen LogP contribution in [0.2, 0.25) is 0 Å². The molecule has 1 saturated carbocycles. The molecule has 2 N–H and O–H groups in total. The SMILES string of the molecule is C[C@H](CO)N[C@@H]1CCCC[C@@H]1C(C)(C)C. The van der Waals surface area contributed by atoms with Gasteiger partial charge in [0.05, 0.1) is 6.61 Å². The Morgan fingerprint density at radius 3 is 2.40 bits per heavy atom. The summed E-state index contributed by atoms with van der Waals surface area (Å²) in [7, 11) is 0. The van der Waals surface area contributed by atoms with Gasteiger partial charge in [0.2, 0.25) is 0 Å². The molecule has 90 valence electrons. The van der Waals surface area contributed by atoms with Gasteiger partial charge in [0.1, 0.15) is 0 Å². The van der Waals surface area contributed by atoms with Crippen LogP contribution in [0.1, 0.15) is 53.4 Å². The molecule has 0 aromatic carbocycles. The first kappa shape index (κ1) is 13.0. The zero-order valence-electron chi connectivity index (χ0n) is 10.7. The van der Waals surface area contributed by atoms with Crippen LogP contribution >= 0.6 is 0 Å². The first-order valence-electron chi connectivity index (χ1n) is 6.32. The molecule has 0 aromatic heterocycles. The van der Waals surface area contributed by atoms with Gasteiger partial charge in [-0.05, 0) is 31.1 Å². The Kier molecular flexibility index (Phi) is 4.60. The van der Waals surface area contributed by atoms with Crippen molar-refractivity contribution in [1.29, 1.82) is 0 Å². The molecule has 1 rings (SSSR count). The van der Waals surface area contributed by atoms with Crippen molar-refractivity contribution < 1.29 is 5.11 Å². The number of nitrogens with one attached hydrogen (secondary N) is 1. The van der Waals surface area contributed by atoms with Crippen LogP contribution in [0.15, 0.2) is 0 Å². The third kappa shape index (κ3) is 3.76. The van der Waals surface area contributed by atoms with E-state index in [1.807, 2.05) is 0 Å². The Morgan fingerprint density at radius 2 is 1.87 bits per heavy atom. The zero-order chi connectivity index (χ0) is 11.5. The minimum absolute atomic E-state index is 0.234. The molecule has 2 heteroatoms. The average molecular weight is 213 g/mol. The zero-order valence-corrected chi connectivity index (χ0v) is 10.7. The average Bonchev–Trinajstić information content (AvgIpc) is 2.17. The minimum Gasteiger partial charge on any atom is -0.395 e. The first-order chi connectivity index (χ1) is 6.95. The van der Waals surface area contributed by atoms with Crippen LogP contribution < -0.4 is 5.32 Å². The Hall–Kier alpha value is -0.0800. The Labute approximate surface area is 94.5 Å². The van der Waals surface area contributed by atoms with Crippen LogP contribution in [0.4, 0.5) is 0 Å². The number of aliphatic hydroxyl groups is 1. The molecule has 0 aromatic rings. The van der Waals surface area contributed by atoms with Gasteiger partial charge >= 0.3 is 0 Å². The van der Waals surface area contributed by atoms with Gasteiger partial charge in [-0.15, -0.1) is 0 Å². The smallest absolute Gasteiger partial charge is 0.0582 e. The summed E-state index contributed by atoms with van der Waals surface area (Å²) in [4.78, 5) is 0. The van der Waals surface area contributed by atoms with Crippen molar-refractivity contribution in [1.82, 2.24) is 5.32 Å². The monoisotopic (exact) mass is 213 g/mol. The van der Waals surface area contributed by atoms with Crippen LogP contribution in [0.5, 0.6) is 0 Å². The van der Waals surface area contributed by atoms with Gasteiger partial charge in [-0.1, -0.05) is 33.6 Å². The lowest BCUT2D eigenvalue weighted by Gasteiger charge is -2.42. The molecule has 0 unspecified atom stereocenters. The predicted molar refractivity (Wildman–Crippen MR) is 64.9 cm³/mol. The topological polar surface area (TPSA) is 32.3 Å². The molecular weight excluding hydrogens is 186 g/mol. The lowest BCUT2D eigenvalue weighted by molar-refractivity contribution is 0.114. The lowest BCUT2D eigenvalue weighted by atomic mass is 9.69. The largest absolute Gasteiger partial charge is 0.395 e. The summed E-state index contributed by atoms with van der Waals surface area (Å²) in [6.45, 7) is 9.31. The first-order valence-corrected chi connectivity index (χ1v) is 6.32. The summed E-state index contributed by atoms with van der Waals surface area (Å²) in [5.41, 5.74) is 0.382. The summed E-state index contributed by atoms with van der Waals surface area (Å²) in [6.07, 6.45) is 5.31. The molecule has 1 aliphatic carbocycles. The number of hydrogen-bond acceptors (Lipinski definition) is 2. The van der Waals surface area contributed by atoms with Gasteiger partial charge in [0.15, 0.2) is 0 Å². The van der Waals surface area contributed by atoms with E-state index in [9.17, 15) is 0 Å². The standard InChI is InChI=1S/C13H27NO/c1-10(9-15)14-12-8-6-5-7-11(12)13(2,3)4/h10-12,14-15H,5-9H2,1-4H3/t10-,11+,12-/m1/s1. The number of rotatable bonds is 3. The van der Waals surface area contributed by atoms with Gasteiger partial charge in [-0.25, -0.2) is 0 Å². The van der Waals surface area contributed by atoms with Gasteiger partial charge in [-0.2, -0.15) is 0 Å². The van der Waals surface area contributed by atoms with E-state index in [0.29, 0.717) is 11.5 Å². The molecule has 2 nitrogen and oxygen atoms in total. The minimum atomic E-state index is 0.234. The van der Waals surface area contributed by atoms with Gasteiger partial charge in [0, 0.05) is 12.1 Å². The molecule has 0 saturated heterocycles. The molecule has 0 aliphatic heterocycles. The van der Waals surface area contributed by atoms with Crippen molar-refractivity contribution in [3.05, 3.63) is 0 Å². The molecule has 1 fully saturated rings. The second-order valence-electron chi connectivity index (χ2n) is 6.11. The predicted octanol–water partition coefficient (Wildman–Crippen LogP) is 2.56. The third-order valence-electron chi connectivity index (χ3n) is 3.65. The number of aliphatic hydroxyl groups excluding tert-OH is 1. The maximum absolute atomic E-state index is 9.09. The van der Waals surface area contributed by atoms with Crippen LogP contribution in [0.3, 0.4) is 0 Å². The normalized spacial score (nSPS) is 30.2. The summed E-state index contributed by atoms with van der Waals surface area (Å²) in [5, 5.41) is 12.7. The van der Waals surface area contributed by atoms with Crippen LogP contribution in [-0.2, 0) is 0 Å². The second kappa shape index (κ2) is 5.31. The highest BCUT2D eigenvalue weighted by Gasteiger charge is 2.34. The van der Waals surface area contributed by atoms with E-state index >= 15 is 0 Å². The Balaban J connectivity index is 2.58. The van der Waals surface area contributed by atoms with Gasteiger partial charge in [-0.3, -0.25) is 0 Å². The van der Waals surface area contributed by atoms with Gasteiger partial charge in [0.25, 0.3) is 0 Å². The van der Waals surface area contributed by atoms with Crippen molar-refractivity contribution in [2.45, 2.75) is 65.5 Å². The quantitative estimate of drug-likeness (QED) is 0.755. The van der Waals surface area contributed by atoms with Gasteiger partial charge < -0.3 is 10.4 Å². The van der Waals surface area contributed by atoms with Crippen LogP contribution in [-0.4, -0.2) is 23.8 Å². The molecule has 0 amide bonds. The molecule has 0 heterocycles. The third-order valence-corrected chi connectivity index (χ3v) is 3.65. The van der Waals surface area contributed by atoms with E-state index in [1.54, 1.807) is 0 Å². The maximum Gasteiger partial charge on any atom is 0.0582 e. The van der Waals surface area contributed by atoms with Crippen LogP contribution in [0.25, 0.3) is 0 Å². The highest BCUT2D eigenvalue weighted by atomic mass is 16.3. The summed E-state index contributed by atoms with van der Waals surface area (Å²) in [5.74, 6) is 0.750. The highest BCUT2D eigenvalue weighted by molar-refractivity contribution is 4.89. The fourth-order valence-electron chi connectivity index (χ4n) is 2.79. The lowest BCUT2D eigenvalue weighted by Crippen LogP contribution is -2.48. The maximum atomic E-state index is 9.09. The molecular formula is C13H27NO. The number of hydrogen-bond donors (Lipinski definition) is 2. The molecule has 15 heavy (non-hydrogen) atoms.